The Morgan fingerprint density at radius 3 is 2.72 bits per heavy atom. The number of fused-ring (bicyclic) bond motifs is 3. The van der Waals surface area contributed by atoms with Gasteiger partial charge < -0.3 is 4.90 Å². The predicted molar refractivity (Wildman–Crippen MR) is 66.4 cm³/mol. The first-order chi connectivity index (χ1) is 8.81. The number of carbonyl (C=O) groups excluding carboxylic acids is 1. The Balaban J connectivity index is 1.69. The van der Waals surface area contributed by atoms with E-state index in [0.717, 1.165) is 37.4 Å². The van der Waals surface area contributed by atoms with Crippen LogP contribution < -0.4 is 4.90 Å². The van der Waals surface area contributed by atoms with Crippen LogP contribution in [-0.4, -0.2) is 33.5 Å². The van der Waals surface area contributed by atoms with Crippen molar-refractivity contribution >= 4 is 17.2 Å². The summed E-state index contributed by atoms with van der Waals surface area (Å²) in [5.41, 5.74) is 0.858. The van der Waals surface area contributed by atoms with Gasteiger partial charge in [0.25, 0.3) is 0 Å². The topological polar surface area (TPSA) is 50.5 Å². The molecular formula is C13H14N4O. The van der Waals surface area contributed by atoms with Crippen LogP contribution in [0.25, 0.3) is 5.65 Å². The quantitative estimate of drug-likeness (QED) is 0.752. The molecule has 1 saturated heterocycles. The van der Waals surface area contributed by atoms with E-state index in [1.165, 1.54) is 0 Å². The van der Waals surface area contributed by atoms with Crippen LogP contribution in [0.15, 0.2) is 24.5 Å². The average Bonchev–Trinajstić information content (AvgIpc) is 2.90. The van der Waals surface area contributed by atoms with E-state index in [0.29, 0.717) is 5.78 Å². The van der Waals surface area contributed by atoms with E-state index in [-0.39, 0.29) is 11.8 Å². The number of hydrogen-bond acceptors (Lipinski definition) is 4. The third-order valence-electron chi connectivity index (χ3n) is 4.12. The zero-order valence-electron chi connectivity index (χ0n) is 9.99. The molecular weight excluding hydrogens is 228 g/mol. The first-order valence-corrected chi connectivity index (χ1v) is 6.40. The van der Waals surface area contributed by atoms with Gasteiger partial charge in [-0.25, -0.2) is 9.50 Å². The van der Waals surface area contributed by atoms with Crippen molar-refractivity contribution in [2.45, 2.75) is 12.8 Å². The molecule has 92 valence electrons. The van der Waals surface area contributed by atoms with Gasteiger partial charge in [0, 0.05) is 37.2 Å². The Hall–Kier alpha value is -1.91. The highest BCUT2D eigenvalue weighted by atomic mass is 16.1. The third-order valence-corrected chi connectivity index (χ3v) is 4.12. The molecule has 5 nitrogen and oxygen atoms in total. The molecule has 2 unspecified atom stereocenters. The molecule has 5 heteroatoms. The number of aromatic nitrogens is 3. The van der Waals surface area contributed by atoms with Crippen molar-refractivity contribution in [2.75, 3.05) is 18.0 Å². The molecule has 0 spiro atoms. The van der Waals surface area contributed by atoms with Gasteiger partial charge in [-0.15, -0.1) is 0 Å². The van der Waals surface area contributed by atoms with Crippen molar-refractivity contribution in [2.24, 2.45) is 11.8 Å². The Morgan fingerprint density at radius 1 is 1.17 bits per heavy atom. The fourth-order valence-electron chi connectivity index (χ4n) is 3.16. The lowest BCUT2D eigenvalue weighted by Crippen LogP contribution is -2.42. The van der Waals surface area contributed by atoms with Crippen LogP contribution >= 0.6 is 0 Å². The highest BCUT2D eigenvalue weighted by Gasteiger charge is 2.40. The summed E-state index contributed by atoms with van der Waals surface area (Å²) >= 11 is 0. The van der Waals surface area contributed by atoms with Crippen molar-refractivity contribution in [1.82, 2.24) is 14.6 Å². The maximum atomic E-state index is 11.9. The number of rotatable bonds is 1. The van der Waals surface area contributed by atoms with Gasteiger partial charge in [0.15, 0.2) is 5.65 Å². The first-order valence-electron chi connectivity index (χ1n) is 6.40. The lowest BCUT2D eigenvalue weighted by atomic mass is 9.97. The van der Waals surface area contributed by atoms with Crippen molar-refractivity contribution in [1.29, 1.82) is 0 Å². The predicted octanol–water partition coefficient (Wildman–Crippen LogP) is 1.14. The maximum Gasteiger partial charge on any atom is 0.157 e. The molecule has 2 aromatic heterocycles. The van der Waals surface area contributed by atoms with E-state index in [4.69, 9.17) is 0 Å². The van der Waals surface area contributed by atoms with E-state index in [2.05, 4.69) is 15.0 Å². The molecule has 2 bridgehead atoms. The van der Waals surface area contributed by atoms with Crippen LogP contribution in [0.3, 0.4) is 0 Å². The van der Waals surface area contributed by atoms with Crippen LogP contribution in [0.1, 0.15) is 12.8 Å². The first kappa shape index (κ1) is 10.1. The number of carbonyl (C=O) groups is 1. The standard InChI is InChI=1S/C13H14N4O/c18-13-9-1-2-10(13)8-16(7-9)11-4-6-17-12(15-11)3-5-14-17/h3-6,9-10H,1-2,7-8H2. The van der Waals surface area contributed by atoms with Crippen LogP contribution in [0.2, 0.25) is 0 Å². The summed E-state index contributed by atoms with van der Waals surface area (Å²) in [7, 11) is 0. The Morgan fingerprint density at radius 2 is 1.94 bits per heavy atom. The van der Waals surface area contributed by atoms with Gasteiger partial charge in [-0.3, -0.25) is 4.79 Å². The lowest BCUT2D eigenvalue weighted by molar-refractivity contribution is -0.124. The number of anilines is 1. The second-order valence-corrected chi connectivity index (χ2v) is 5.20. The largest absolute Gasteiger partial charge is 0.355 e. The highest BCUT2D eigenvalue weighted by molar-refractivity contribution is 5.87. The van der Waals surface area contributed by atoms with Crippen molar-refractivity contribution in [3.63, 3.8) is 0 Å². The molecule has 3 heterocycles. The third kappa shape index (κ3) is 1.36. The van der Waals surface area contributed by atoms with Gasteiger partial charge in [-0.2, -0.15) is 5.10 Å². The molecule has 2 aromatic rings. The summed E-state index contributed by atoms with van der Waals surface area (Å²) in [5.74, 6) is 1.89. The molecule has 1 aliphatic carbocycles. The molecule has 2 fully saturated rings. The number of Topliss-reactive ketones (excluding diaryl/α,β-unsaturated/α-hetero) is 1. The molecule has 18 heavy (non-hydrogen) atoms. The van der Waals surface area contributed by atoms with Crippen molar-refractivity contribution in [3.05, 3.63) is 24.5 Å². The molecule has 2 aliphatic rings. The number of hydrogen-bond donors (Lipinski definition) is 0. The maximum absolute atomic E-state index is 11.9. The van der Waals surface area contributed by atoms with Crippen LogP contribution in [0.5, 0.6) is 0 Å². The van der Waals surface area contributed by atoms with E-state index in [9.17, 15) is 4.79 Å². The van der Waals surface area contributed by atoms with E-state index in [1.807, 2.05) is 18.3 Å². The zero-order chi connectivity index (χ0) is 12.1. The Labute approximate surface area is 104 Å². The molecule has 1 aliphatic heterocycles. The molecule has 0 aromatic carbocycles. The normalized spacial score (nSPS) is 27.1. The van der Waals surface area contributed by atoms with Crippen molar-refractivity contribution < 1.29 is 4.79 Å². The SMILES string of the molecule is O=C1C2CCC1CN(c1ccn3nccc3n1)C2. The van der Waals surface area contributed by atoms with Gasteiger partial charge in [0.1, 0.15) is 11.6 Å². The molecule has 0 amide bonds. The van der Waals surface area contributed by atoms with E-state index < -0.39 is 0 Å². The fourth-order valence-corrected chi connectivity index (χ4v) is 3.16. The Kier molecular flexibility index (Phi) is 1.98. The molecule has 2 atom stereocenters. The lowest BCUT2D eigenvalue weighted by Gasteiger charge is -2.31. The second-order valence-electron chi connectivity index (χ2n) is 5.20. The van der Waals surface area contributed by atoms with Crippen LogP contribution in [-0.2, 0) is 4.79 Å². The van der Waals surface area contributed by atoms with Gasteiger partial charge >= 0.3 is 0 Å². The summed E-state index contributed by atoms with van der Waals surface area (Å²) in [6.07, 6.45) is 5.77. The second kappa shape index (κ2) is 3.54. The van der Waals surface area contributed by atoms with Crippen LogP contribution in [0.4, 0.5) is 5.82 Å². The van der Waals surface area contributed by atoms with Gasteiger partial charge in [-0.05, 0) is 18.9 Å². The van der Waals surface area contributed by atoms with E-state index in [1.54, 1.807) is 10.7 Å². The number of ketones is 1. The minimum atomic E-state index is 0.228. The van der Waals surface area contributed by atoms with Gasteiger partial charge in [0.05, 0.1) is 6.20 Å². The fraction of sp³-hybridized carbons (Fsp3) is 0.462. The van der Waals surface area contributed by atoms with Crippen LogP contribution in [0, 0.1) is 11.8 Å². The van der Waals surface area contributed by atoms with Gasteiger partial charge in [0.2, 0.25) is 0 Å². The average molecular weight is 242 g/mol. The summed E-state index contributed by atoms with van der Waals surface area (Å²) < 4.78 is 1.76. The molecule has 0 radical (unpaired) electrons. The zero-order valence-corrected chi connectivity index (χ0v) is 9.99. The molecule has 0 N–H and O–H groups in total. The minimum absolute atomic E-state index is 0.228. The minimum Gasteiger partial charge on any atom is -0.355 e. The smallest absolute Gasteiger partial charge is 0.157 e. The van der Waals surface area contributed by atoms with Gasteiger partial charge in [-0.1, -0.05) is 0 Å². The van der Waals surface area contributed by atoms with E-state index >= 15 is 0 Å². The monoisotopic (exact) mass is 242 g/mol. The molecule has 4 rings (SSSR count). The number of nitrogens with zero attached hydrogens (tertiary/aromatic N) is 4. The number of piperidine rings is 1. The summed E-state index contributed by atoms with van der Waals surface area (Å²) in [6.45, 7) is 1.65. The highest BCUT2D eigenvalue weighted by Crippen LogP contribution is 2.34. The summed E-state index contributed by atoms with van der Waals surface area (Å²) in [5, 5.41) is 4.14. The Bertz CT molecular complexity index is 604. The summed E-state index contributed by atoms with van der Waals surface area (Å²) in [4.78, 5) is 18.7. The van der Waals surface area contributed by atoms with Crippen molar-refractivity contribution in [3.8, 4) is 0 Å². The summed E-state index contributed by atoms with van der Waals surface area (Å²) in [6, 6.07) is 3.88. The molecule has 1 saturated carbocycles.